The third kappa shape index (κ3) is 2.97. The van der Waals surface area contributed by atoms with E-state index >= 15 is 0 Å². The molecule has 0 bridgehead atoms. The Hall–Kier alpha value is -1.37. The zero-order chi connectivity index (χ0) is 14.0. The van der Waals surface area contributed by atoms with Gasteiger partial charge >= 0.3 is 0 Å². The van der Waals surface area contributed by atoms with Gasteiger partial charge < -0.3 is 10.4 Å². The topological polar surface area (TPSA) is 67.2 Å². The van der Waals surface area contributed by atoms with Crippen molar-refractivity contribution in [3.8, 4) is 0 Å². The van der Waals surface area contributed by atoms with E-state index in [4.69, 9.17) is 11.6 Å². The highest BCUT2D eigenvalue weighted by atomic mass is 35.5. The lowest BCUT2D eigenvalue weighted by atomic mass is 9.99. The number of aromatic nitrogens is 2. The van der Waals surface area contributed by atoms with Crippen LogP contribution in [0, 0.1) is 0 Å². The van der Waals surface area contributed by atoms with Gasteiger partial charge in [-0.1, -0.05) is 11.6 Å². The summed E-state index contributed by atoms with van der Waals surface area (Å²) in [6.07, 6.45) is 1.47. The number of nitrogens with one attached hydrogen (secondary N) is 1. The van der Waals surface area contributed by atoms with Gasteiger partial charge in [0.05, 0.1) is 11.9 Å². The predicted molar refractivity (Wildman–Crippen MR) is 76.9 cm³/mol. The molecule has 7 heteroatoms. The van der Waals surface area contributed by atoms with Crippen molar-refractivity contribution in [2.45, 2.75) is 12.5 Å². The molecule has 0 radical (unpaired) electrons. The molecule has 0 aliphatic heterocycles. The van der Waals surface area contributed by atoms with Crippen LogP contribution in [0.5, 0.6) is 0 Å². The number of aliphatic hydroxyl groups is 1. The van der Waals surface area contributed by atoms with Gasteiger partial charge in [0, 0.05) is 13.6 Å². The molecule has 2 rings (SSSR count). The van der Waals surface area contributed by atoms with Crippen LogP contribution in [0.15, 0.2) is 27.8 Å². The monoisotopic (exact) mass is 299 g/mol. The maximum absolute atomic E-state index is 11.6. The van der Waals surface area contributed by atoms with Crippen molar-refractivity contribution in [2.24, 2.45) is 7.05 Å². The van der Waals surface area contributed by atoms with Crippen LogP contribution in [0.25, 0.3) is 0 Å². The molecule has 0 aliphatic carbocycles. The van der Waals surface area contributed by atoms with Gasteiger partial charge in [-0.3, -0.25) is 4.79 Å². The summed E-state index contributed by atoms with van der Waals surface area (Å²) >= 11 is 7.45. The lowest BCUT2D eigenvalue weighted by molar-refractivity contribution is 0.0720. The van der Waals surface area contributed by atoms with E-state index in [-0.39, 0.29) is 17.1 Å². The van der Waals surface area contributed by atoms with Crippen LogP contribution in [0.2, 0.25) is 5.02 Å². The number of aryl methyl sites for hydroxylation is 1. The first-order valence-corrected chi connectivity index (χ1v) is 6.94. The number of nitrogens with zero attached hydrogens (tertiary/aromatic N) is 2. The van der Waals surface area contributed by atoms with Crippen LogP contribution < -0.4 is 10.9 Å². The quantitative estimate of drug-likeness (QED) is 0.903. The van der Waals surface area contributed by atoms with Gasteiger partial charge in [-0.05, 0) is 29.3 Å². The van der Waals surface area contributed by atoms with Crippen molar-refractivity contribution < 1.29 is 5.11 Å². The Morgan fingerprint density at radius 1 is 1.63 bits per heavy atom. The Labute approximate surface area is 119 Å². The lowest BCUT2D eigenvalue weighted by Gasteiger charge is -2.23. The van der Waals surface area contributed by atoms with Gasteiger partial charge in [0.25, 0.3) is 5.56 Å². The highest BCUT2D eigenvalue weighted by Crippen LogP contribution is 2.24. The van der Waals surface area contributed by atoms with Gasteiger partial charge in [-0.2, -0.15) is 16.4 Å². The fraction of sp³-hybridized carbons (Fsp3) is 0.333. The second kappa shape index (κ2) is 5.32. The minimum Gasteiger partial charge on any atom is -0.384 e. The van der Waals surface area contributed by atoms with E-state index in [9.17, 15) is 9.90 Å². The third-order valence-electron chi connectivity index (χ3n) is 2.84. The second-order valence-electron chi connectivity index (χ2n) is 4.44. The number of hydrogen-bond acceptors (Lipinski definition) is 5. The second-order valence-corrected chi connectivity index (χ2v) is 5.60. The first kappa shape index (κ1) is 14.0. The van der Waals surface area contributed by atoms with E-state index < -0.39 is 5.60 Å². The zero-order valence-corrected chi connectivity index (χ0v) is 12.1. The van der Waals surface area contributed by atoms with Crippen LogP contribution in [0.3, 0.4) is 0 Å². The standard InChI is InChI=1S/C12H14ClN3O2S/c1-12(18,8-3-4-19-6-8)7-14-9-5-15-16(2)11(17)10(9)13/h3-6,14,18H,7H2,1-2H3/t12-/m1/s1. The summed E-state index contributed by atoms with van der Waals surface area (Å²) in [6.45, 7) is 1.93. The van der Waals surface area contributed by atoms with Crippen molar-refractivity contribution in [3.05, 3.63) is 44.0 Å². The average molecular weight is 300 g/mol. The van der Waals surface area contributed by atoms with Crippen molar-refractivity contribution in [1.82, 2.24) is 9.78 Å². The molecule has 0 spiro atoms. The number of hydrogen-bond donors (Lipinski definition) is 2. The zero-order valence-electron chi connectivity index (χ0n) is 10.6. The fourth-order valence-corrected chi connectivity index (χ4v) is 2.60. The van der Waals surface area contributed by atoms with Crippen LogP contribution in [0.1, 0.15) is 12.5 Å². The Bertz CT molecular complexity index is 622. The van der Waals surface area contributed by atoms with Crippen molar-refractivity contribution >= 4 is 28.6 Å². The third-order valence-corrected chi connectivity index (χ3v) is 3.89. The molecule has 0 amide bonds. The van der Waals surface area contributed by atoms with Crippen molar-refractivity contribution in [3.63, 3.8) is 0 Å². The number of rotatable bonds is 4. The van der Waals surface area contributed by atoms with Gasteiger partial charge in [0.15, 0.2) is 0 Å². The molecule has 102 valence electrons. The number of halogens is 1. The largest absolute Gasteiger partial charge is 0.384 e. The Balaban J connectivity index is 2.16. The van der Waals surface area contributed by atoms with E-state index in [1.54, 1.807) is 6.92 Å². The Kier molecular flexibility index (Phi) is 3.93. The molecule has 19 heavy (non-hydrogen) atoms. The molecule has 0 fully saturated rings. The highest BCUT2D eigenvalue weighted by molar-refractivity contribution is 7.08. The summed E-state index contributed by atoms with van der Waals surface area (Å²) in [4.78, 5) is 11.6. The molecular formula is C12H14ClN3O2S. The van der Waals surface area contributed by atoms with Gasteiger partial charge in [-0.25, -0.2) is 4.68 Å². The summed E-state index contributed by atoms with van der Waals surface area (Å²) in [5.41, 5.74) is -0.176. The molecule has 0 saturated carbocycles. The average Bonchev–Trinajstić information content (AvgIpc) is 2.90. The minimum absolute atomic E-state index is 0.0682. The fourth-order valence-electron chi connectivity index (χ4n) is 1.57. The predicted octanol–water partition coefficient (Wildman–Crippen LogP) is 1.81. The van der Waals surface area contributed by atoms with Gasteiger partial charge in [-0.15, -0.1) is 0 Å². The molecule has 2 aromatic heterocycles. The molecule has 2 heterocycles. The van der Waals surface area contributed by atoms with Crippen LogP contribution in [-0.2, 0) is 12.6 Å². The molecule has 0 saturated heterocycles. The molecule has 1 atom stereocenters. The minimum atomic E-state index is -1.04. The molecule has 0 unspecified atom stereocenters. The maximum Gasteiger partial charge on any atom is 0.287 e. The van der Waals surface area contributed by atoms with Crippen molar-refractivity contribution in [2.75, 3.05) is 11.9 Å². The first-order chi connectivity index (χ1) is 8.92. The maximum atomic E-state index is 11.6. The molecule has 2 aromatic rings. The normalized spacial score (nSPS) is 14.1. The number of thiophene rings is 1. The van der Waals surface area contributed by atoms with E-state index in [1.807, 2.05) is 16.8 Å². The van der Waals surface area contributed by atoms with Gasteiger partial charge in [0.2, 0.25) is 0 Å². The molecule has 2 N–H and O–H groups in total. The Morgan fingerprint density at radius 3 is 3.00 bits per heavy atom. The van der Waals surface area contributed by atoms with Gasteiger partial charge in [0.1, 0.15) is 10.6 Å². The van der Waals surface area contributed by atoms with Crippen molar-refractivity contribution in [1.29, 1.82) is 0 Å². The molecular weight excluding hydrogens is 286 g/mol. The first-order valence-electron chi connectivity index (χ1n) is 5.62. The summed E-state index contributed by atoms with van der Waals surface area (Å²) in [5.74, 6) is 0. The Morgan fingerprint density at radius 2 is 2.37 bits per heavy atom. The summed E-state index contributed by atoms with van der Waals surface area (Å²) < 4.78 is 1.16. The SMILES string of the molecule is Cn1ncc(NC[C@@](C)(O)c2ccsc2)c(Cl)c1=O. The van der Waals surface area contributed by atoms with Crippen LogP contribution >= 0.6 is 22.9 Å². The summed E-state index contributed by atoms with van der Waals surface area (Å²) in [6, 6.07) is 1.86. The lowest BCUT2D eigenvalue weighted by Crippen LogP contribution is -2.31. The van der Waals surface area contributed by atoms with Crippen LogP contribution in [-0.4, -0.2) is 21.4 Å². The van der Waals surface area contributed by atoms with Crippen LogP contribution in [0.4, 0.5) is 5.69 Å². The summed E-state index contributed by atoms with van der Waals surface area (Å²) in [7, 11) is 1.53. The smallest absolute Gasteiger partial charge is 0.287 e. The van der Waals surface area contributed by atoms with E-state index in [2.05, 4.69) is 10.4 Å². The molecule has 0 aromatic carbocycles. The molecule has 5 nitrogen and oxygen atoms in total. The summed E-state index contributed by atoms with van der Waals surface area (Å²) in [5, 5.41) is 21.0. The number of anilines is 1. The van der Waals surface area contributed by atoms with E-state index in [1.165, 1.54) is 24.6 Å². The highest BCUT2D eigenvalue weighted by Gasteiger charge is 2.23. The molecule has 0 aliphatic rings. The van der Waals surface area contributed by atoms with E-state index in [0.717, 1.165) is 10.2 Å². The van der Waals surface area contributed by atoms with E-state index in [0.29, 0.717) is 5.69 Å².